The second kappa shape index (κ2) is 8.55. The average Bonchev–Trinajstić information content (AvgIpc) is 3.46. The van der Waals surface area contributed by atoms with Crippen LogP contribution in [0.2, 0.25) is 0 Å². The van der Waals surface area contributed by atoms with Gasteiger partial charge in [-0.3, -0.25) is 0 Å². The lowest BCUT2D eigenvalue weighted by atomic mass is 10.1. The lowest BCUT2D eigenvalue weighted by molar-refractivity contribution is 0.386. The van der Waals surface area contributed by atoms with Crippen LogP contribution in [0.3, 0.4) is 0 Å². The van der Waals surface area contributed by atoms with Crippen molar-refractivity contribution in [3.05, 3.63) is 96.0 Å². The quantitative estimate of drug-likeness (QED) is 0.362. The van der Waals surface area contributed by atoms with E-state index in [2.05, 4.69) is 26.5 Å². The van der Waals surface area contributed by atoms with Crippen molar-refractivity contribution in [2.24, 2.45) is 0 Å². The summed E-state index contributed by atoms with van der Waals surface area (Å²) >= 11 is 0. The molecule has 2 heterocycles. The first-order valence-corrected chi connectivity index (χ1v) is 12.4. The third-order valence-corrected chi connectivity index (χ3v) is 6.60. The van der Waals surface area contributed by atoms with Gasteiger partial charge in [-0.1, -0.05) is 35.5 Å². The van der Waals surface area contributed by atoms with Gasteiger partial charge in [0.2, 0.25) is 11.7 Å². The van der Waals surface area contributed by atoms with E-state index in [1.807, 2.05) is 60.8 Å². The molecule has 7 nitrogen and oxygen atoms in total. The zero-order valence-electron chi connectivity index (χ0n) is 17.9. The van der Waals surface area contributed by atoms with E-state index in [0.717, 1.165) is 33.3 Å². The van der Waals surface area contributed by atoms with Gasteiger partial charge in [0.1, 0.15) is 0 Å². The molecule has 2 N–H and O–H groups in total. The monoisotopic (exact) mass is 458 g/mol. The molecule has 0 radical (unpaired) electrons. The largest absolute Gasteiger partial charge is 0.381 e. The maximum atomic E-state index is 11.6. The van der Waals surface area contributed by atoms with Gasteiger partial charge in [0.15, 0.2) is 9.84 Å². The highest BCUT2D eigenvalue weighted by Crippen LogP contribution is 2.23. The summed E-state index contributed by atoms with van der Waals surface area (Å²) in [5.74, 6) is 1.11. The predicted molar refractivity (Wildman–Crippen MR) is 128 cm³/mol. The molecule has 8 heteroatoms. The fourth-order valence-electron chi connectivity index (χ4n) is 3.68. The van der Waals surface area contributed by atoms with Crippen molar-refractivity contribution >= 4 is 26.4 Å². The molecule has 0 saturated carbocycles. The highest BCUT2D eigenvalue weighted by Gasteiger charge is 2.12. The van der Waals surface area contributed by atoms with Crippen LogP contribution in [-0.4, -0.2) is 29.8 Å². The van der Waals surface area contributed by atoms with Gasteiger partial charge in [-0.05, 0) is 53.6 Å². The number of para-hydroxylation sites is 1. The maximum Gasteiger partial charge on any atom is 0.231 e. The zero-order valence-corrected chi connectivity index (χ0v) is 18.8. The molecular formula is C25H22N4O3S. The molecule has 5 aromatic rings. The fourth-order valence-corrected chi connectivity index (χ4v) is 4.31. The molecule has 0 aliphatic rings. The average molecular weight is 459 g/mol. The number of benzene rings is 3. The number of nitrogens with one attached hydrogen (secondary N) is 2. The summed E-state index contributed by atoms with van der Waals surface area (Å²) in [4.78, 5) is 8.13. The number of hydrogen-bond acceptors (Lipinski definition) is 6. The van der Waals surface area contributed by atoms with E-state index in [1.54, 1.807) is 12.1 Å². The van der Waals surface area contributed by atoms with E-state index in [0.29, 0.717) is 29.6 Å². The molecule has 0 unspecified atom stereocenters. The molecular weight excluding hydrogens is 436 g/mol. The number of sulfone groups is 1. The lowest BCUT2D eigenvalue weighted by Crippen LogP contribution is -2.01. The Morgan fingerprint density at radius 1 is 0.970 bits per heavy atom. The van der Waals surface area contributed by atoms with Crippen molar-refractivity contribution in [1.29, 1.82) is 0 Å². The van der Waals surface area contributed by atoms with E-state index < -0.39 is 9.84 Å². The van der Waals surface area contributed by atoms with Crippen LogP contribution in [0.4, 0.5) is 5.69 Å². The molecule has 0 saturated heterocycles. The molecule has 0 amide bonds. The Morgan fingerprint density at radius 3 is 2.48 bits per heavy atom. The summed E-state index contributed by atoms with van der Waals surface area (Å²) in [5.41, 5.74) is 5.00. The second-order valence-corrected chi connectivity index (χ2v) is 9.91. The molecule has 0 fully saturated rings. The van der Waals surface area contributed by atoms with Crippen molar-refractivity contribution in [3.8, 4) is 11.4 Å². The van der Waals surface area contributed by atoms with Crippen LogP contribution in [-0.2, 0) is 22.8 Å². The summed E-state index contributed by atoms with van der Waals surface area (Å²) in [7, 11) is -3.18. The van der Waals surface area contributed by atoms with Crippen molar-refractivity contribution in [3.63, 3.8) is 0 Å². The SMILES string of the molecule is CS(=O)(=O)c1ccc(CNc2ccc(-c3noc(Cc4c[nH]c5ccccc45)n3)cc2)cc1. The fraction of sp³-hybridized carbons (Fsp3) is 0.120. The number of fused-ring (bicyclic) bond motifs is 1. The van der Waals surface area contributed by atoms with Gasteiger partial charge in [-0.2, -0.15) is 4.98 Å². The Labute approximate surface area is 191 Å². The lowest BCUT2D eigenvalue weighted by Gasteiger charge is -2.07. The molecule has 33 heavy (non-hydrogen) atoms. The Hall–Kier alpha value is -3.91. The minimum Gasteiger partial charge on any atom is -0.381 e. The number of H-pyrrole nitrogens is 1. The number of hydrogen-bond donors (Lipinski definition) is 2. The molecule has 5 rings (SSSR count). The first-order chi connectivity index (χ1) is 16.0. The Morgan fingerprint density at radius 2 is 1.73 bits per heavy atom. The maximum absolute atomic E-state index is 11.6. The molecule has 166 valence electrons. The van der Waals surface area contributed by atoms with Gasteiger partial charge in [0, 0.05) is 41.2 Å². The zero-order chi connectivity index (χ0) is 22.8. The van der Waals surface area contributed by atoms with Crippen LogP contribution in [0.15, 0.2) is 88.4 Å². The molecule has 0 aliphatic carbocycles. The highest BCUT2D eigenvalue weighted by atomic mass is 32.2. The Bertz CT molecular complexity index is 1500. The van der Waals surface area contributed by atoms with E-state index >= 15 is 0 Å². The topological polar surface area (TPSA) is 101 Å². The smallest absolute Gasteiger partial charge is 0.231 e. The van der Waals surface area contributed by atoms with Crippen LogP contribution in [0.25, 0.3) is 22.3 Å². The first-order valence-electron chi connectivity index (χ1n) is 10.5. The van der Waals surface area contributed by atoms with Gasteiger partial charge in [0.05, 0.1) is 11.3 Å². The summed E-state index contributed by atoms with van der Waals surface area (Å²) in [6.45, 7) is 0.584. The molecule has 0 bridgehead atoms. The van der Waals surface area contributed by atoms with Crippen LogP contribution in [0.5, 0.6) is 0 Å². The number of aromatic amines is 1. The number of anilines is 1. The molecule has 0 atom stereocenters. The third kappa shape index (κ3) is 4.65. The minimum absolute atomic E-state index is 0.319. The van der Waals surface area contributed by atoms with Gasteiger partial charge < -0.3 is 14.8 Å². The number of aromatic nitrogens is 3. The second-order valence-electron chi connectivity index (χ2n) is 7.90. The van der Waals surface area contributed by atoms with Crippen LogP contribution in [0.1, 0.15) is 17.0 Å². The number of rotatable bonds is 7. The van der Waals surface area contributed by atoms with Gasteiger partial charge in [0.25, 0.3) is 0 Å². The van der Waals surface area contributed by atoms with Crippen LogP contribution < -0.4 is 5.32 Å². The Kier molecular flexibility index (Phi) is 5.43. The first kappa shape index (κ1) is 21.0. The van der Waals surface area contributed by atoms with E-state index in [4.69, 9.17) is 4.52 Å². The normalized spacial score (nSPS) is 11.7. The number of nitrogens with zero attached hydrogens (tertiary/aromatic N) is 2. The molecule has 0 spiro atoms. The van der Waals surface area contributed by atoms with E-state index in [-0.39, 0.29) is 0 Å². The van der Waals surface area contributed by atoms with Crippen LogP contribution in [0, 0.1) is 0 Å². The van der Waals surface area contributed by atoms with Gasteiger partial charge >= 0.3 is 0 Å². The van der Waals surface area contributed by atoms with Crippen molar-refractivity contribution in [2.75, 3.05) is 11.6 Å². The summed E-state index contributed by atoms with van der Waals surface area (Å²) in [5, 5.41) is 8.62. The summed E-state index contributed by atoms with van der Waals surface area (Å²) < 4.78 is 28.6. The standard InChI is InChI=1S/C25H22N4O3S/c1-33(30,31)21-12-6-17(7-13-21)15-26-20-10-8-18(9-11-20)25-28-24(32-29-25)14-19-16-27-23-5-3-2-4-22(19)23/h2-13,16,26-27H,14-15H2,1H3. The van der Waals surface area contributed by atoms with E-state index in [9.17, 15) is 8.42 Å². The highest BCUT2D eigenvalue weighted by molar-refractivity contribution is 7.90. The molecule has 0 aliphatic heterocycles. The summed E-state index contributed by atoms with van der Waals surface area (Å²) in [6.07, 6.45) is 3.75. The van der Waals surface area contributed by atoms with Crippen molar-refractivity contribution in [1.82, 2.24) is 15.1 Å². The van der Waals surface area contributed by atoms with Crippen molar-refractivity contribution in [2.45, 2.75) is 17.9 Å². The third-order valence-electron chi connectivity index (χ3n) is 5.48. The van der Waals surface area contributed by atoms with Crippen molar-refractivity contribution < 1.29 is 12.9 Å². The summed E-state index contributed by atoms with van der Waals surface area (Å²) in [6, 6.07) is 22.8. The van der Waals surface area contributed by atoms with Gasteiger partial charge in [-0.25, -0.2) is 8.42 Å². The molecule has 3 aromatic carbocycles. The van der Waals surface area contributed by atoms with E-state index in [1.165, 1.54) is 6.26 Å². The predicted octanol–water partition coefficient (Wildman–Crippen LogP) is 4.82. The minimum atomic E-state index is -3.18. The molecule has 2 aromatic heterocycles. The Balaban J connectivity index is 1.23. The van der Waals surface area contributed by atoms with Crippen LogP contribution >= 0.6 is 0 Å². The van der Waals surface area contributed by atoms with Gasteiger partial charge in [-0.15, -0.1) is 0 Å².